The van der Waals surface area contributed by atoms with E-state index in [2.05, 4.69) is 177 Å². The first-order chi connectivity index (χ1) is 31.5. The van der Waals surface area contributed by atoms with Crippen molar-refractivity contribution in [3.8, 4) is 67.9 Å². The summed E-state index contributed by atoms with van der Waals surface area (Å²) >= 11 is 0. The fourth-order valence-corrected chi connectivity index (χ4v) is 8.10. The molecule has 0 N–H and O–H groups in total. The molecule has 0 bridgehead atoms. The first kappa shape index (κ1) is 53.5. The largest absolute Gasteiger partial charge is 0.493 e. The van der Waals surface area contributed by atoms with Crippen molar-refractivity contribution < 1.29 is 28.4 Å². The summed E-state index contributed by atoms with van der Waals surface area (Å²) in [4.78, 5) is 0. The van der Waals surface area contributed by atoms with E-state index in [1.54, 1.807) is 0 Å². The van der Waals surface area contributed by atoms with E-state index in [9.17, 15) is 0 Å². The zero-order valence-corrected chi connectivity index (χ0v) is 43.6. The Bertz CT molecular complexity index is 1910. The van der Waals surface area contributed by atoms with Crippen LogP contribution in [0.15, 0.2) is 91.0 Å². The molecule has 0 amide bonds. The van der Waals surface area contributed by atoms with E-state index < -0.39 is 0 Å². The van der Waals surface area contributed by atoms with E-state index >= 15 is 0 Å². The summed E-state index contributed by atoms with van der Waals surface area (Å²) in [6.45, 7) is 37.0. The Balaban J connectivity index is 0.000000294. The summed E-state index contributed by atoms with van der Waals surface area (Å²) < 4.78 is 39.4. The molecule has 5 rings (SSSR count). The van der Waals surface area contributed by atoms with Gasteiger partial charge in [0.1, 0.15) is 34.5 Å². The van der Waals surface area contributed by atoms with Crippen LogP contribution in [0.25, 0.3) is 33.4 Å². The molecule has 6 nitrogen and oxygen atoms in total. The van der Waals surface area contributed by atoms with Crippen LogP contribution in [0.4, 0.5) is 0 Å². The number of hydrogen-bond acceptors (Lipinski definition) is 6. The Labute approximate surface area is 400 Å². The van der Waals surface area contributed by atoms with Crippen LogP contribution in [0.5, 0.6) is 34.5 Å². The molecular weight excluding hydrogens is 817 g/mol. The molecule has 0 aliphatic carbocycles. The molecule has 0 unspecified atom stereocenters. The van der Waals surface area contributed by atoms with E-state index in [0.717, 1.165) is 106 Å². The number of rotatable bonds is 21. The second kappa shape index (κ2) is 25.1. The molecule has 0 saturated heterocycles. The van der Waals surface area contributed by atoms with Crippen molar-refractivity contribution in [3.05, 3.63) is 108 Å². The molecule has 5 aromatic carbocycles. The first-order valence-corrected chi connectivity index (χ1v) is 24.9. The molecule has 0 heterocycles. The van der Waals surface area contributed by atoms with Crippen LogP contribution in [0.3, 0.4) is 0 Å². The van der Waals surface area contributed by atoms with Gasteiger partial charge in [-0.1, -0.05) is 195 Å². The van der Waals surface area contributed by atoms with Crippen LogP contribution in [0.2, 0.25) is 0 Å². The van der Waals surface area contributed by atoms with Gasteiger partial charge in [-0.25, -0.2) is 0 Å². The van der Waals surface area contributed by atoms with Crippen molar-refractivity contribution in [2.75, 3.05) is 39.6 Å². The summed E-state index contributed by atoms with van der Waals surface area (Å²) in [5.41, 5.74) is 9.22. The third-order valence-corrected chi connectivity index (χ3v) is 10.9. The van der Waals surface area contributed by atoms with Gasteiger partial charge in [-0.15, -0.1) is 0 Å². The van der Waals surface area contributed by atoms with Gasteiger partial charge in [0.15, 0.2) is 0 Å². The molecule has 6 heteroatoms. The van der Waals surface area contributed by atoms with Gasteiger partial charge < -0.3 is 28.4 Å². The van der Waals surface area contributed by atoms with Gasteiger partial charge in [0.25, 0.3) is 0 Å². The Morgan fingerprint density at radius 2 is 0.455 bits per heavy atom. The molecule has 0 aliphatic rings. The lowest BCUT2D eigenvalue weighted by Gasteiger charge is -2.38. The van der Waals surface area contributed by atoms with Gasteiger partial charge in [0.2, 0.25) is 0 Å². The minimum absolute atomic E-state index is 0.130. The maximum absolute atomic E-state index is 6.60. The van der Waals surface area contributed by atoms with Crippen molar-refractivity contribution in [2.45, 2.75) is 159 Å². The minimum atomic E-state index is -0.130. The Morgan fingerprint density at radius 1 is 0.273 bits per heavy atom. The van der Waals surface area contributed by atoms with Gasteiger partial charge in [-0.2, -0.15) is 0 Å². The van der Waals surface area contributed by atoms with Crippen molar-refractivity contribution in [2.24, 2.45) is 0 Å². The summed E-state index contributed by atoms with van der Waals surface area (Å²) in [6.07, 6.45) is 5.59. The van der Waals surface area contributed by atoms with Crippen LogP contribution in [-0.4, -0.2) is 39.6 Å². The predicted molar refractivity (Wildman–Crippen MR) is 280 cm³/mol. The lowest BCUT2D eigenvalue weighted by molar-refractivity contribution is 0.255. The van der Waals surface area contributed by atoms with Crippen LogP contribution >= 0.6 is 0 Å². The van der Waals surface area contributed by atoms with Crippen molar-refractivity contribution >= 4 is 0 Å². The zero-order chi connectivity index (χ0) is 48.5. The van der Waals surface area contributed by atoms with Crippen LogP contribution < -0.4 is 28.4 Å². The maximum Gasteiger partial charge on any atom is 0.142 e. The Kier molecular flexibility index (Phi) is 20.4. The number of benzene rings is 5. The quantitative estimate of drug-likeness (QED) is 0.0731. The smallest absolute Gasteiger partial charge is 0.142 e. The highest BCUT2D eigenvalue weighted by molar-refractivity contribution is 5.99. The molecule has 0 radical (unpaired) electrons. The lowest BCUT2D eigenvalue weighted by Crippen LogP contribution is -2.27. The van der Waals surface area contributed by atoms with Gasteiger partial charge in [0, 0.05) is 16.7 Å². The third kappa shape index (κ3) is 13.5. The van der Waals surface area contributed by atoms with E-state index in [0.29, 0.717) is 39.6 Å². The van der Waals surface area contributed by atoms with Gasteiger partial charge in [-0.3, -0.25) is 0 Å². The monoisotopic (exact) mass is 901 g/mol. The molecule has 0 saturated carbocycles. The lowest BCUT2D eigenvalue weighted by atomic mass is 9.73. The highest BCUT2D eigenvalue weighted by Gasteiger charge is 2.40. The highest BCUT2D eigenvalue weighted by atomic mass is 16.5. The fourth-order valence-electron chi connectivity index (χ4n) is 8.10. The molecule has 5 aromatic rings. The molecule has 0 atom stereocenters. The van der Waals surface area contributed by atoms with Gasteiger partial charge in [-0.05, 0) is 71.5 Å². The average molecular weight is 901 g/mol. The van der Waals surface area contributed by atoms with Crippen LogP contribution in [-0.2, 0) is 16.2 Å². The fraction of sp³-hybridized carbons (Fsp3) is 0.500. The molecular formula is C60H84O6. The van der Waals surface area contributed by atoms with E-state index in [4.69, 9.17) is 28.4 Å². The van der Waals surface area contributed by atoms with E-state index in [-0.39, 0.29) is 16.2 Å². The van der Waals surface area contributed by atoms with Crippen LogP contribution in [0.1, 0.15) is 159 Å². The second-order valence-corrected chi connectivity index (χ2v) is 20.2. The second-order valence-electron chi connectivity index (χ2n) is 20.2. The van der Waals surface area contributed by atoms with Crippen LogP contribution in [0, 0.1) is 0 Å². The van der Waals surface area contributed by atoms with Crippen molar-refractivity contribution in [1.82, 2.24) is 0 Å². The van der Waals surface area contributed by atoms with Gasteiger partial charge in [0.05, 0.1) is 56.3 Å². The van der Waals surface area contributed by atoms with E-state index in [1.807, 2.05) is 18.2 Å². The molecule has 0 aliphatic heterocycles. The topological polar surface area (TPSA) is 55.4 Å². The molecule has 0 fully saturated rings. The van der Waals surface area contributed by atoms with Gasteiger partial charge >= 0.3 is 0 Å². The molecule has 66 heavy (non-hydrogen) atoms. The minimum Gasteiger partial charge on any atom is -0.493 e. The summed E-state index contributed by atoms with van der Waals surface area (Å²) in [7, 11) is 0. The summed E-state index contributed by atoms with van der Waals surface area (Å²) in [5, 5.41) is 0. The summed E-state index contributed by atoms with van der Waals surface area (Å²) in [6, 6.07) is 31.3. The molecule has 0 aromatic heterocycles. The first-order valence-electron chi connectivity index (χ1n) is 24.9. The maximum atomic E-state index is 6.60. The normalized spacial score (nSPS) is 11.7. The zero-order valence-electron chi connectivity index (χ0n) is 43.6. The predicted octanol–water partition coefficient (Wildman–Crippen LogP) is 17.0. The summed E-state index contributed by atoms with van der Waals surface area (Å²) in [5.74, 6) is 5.31. The molecule has 0 spiro atoms. The molecule has 360 valence electrons. The SMILES string of the molecule is CCCOc1c(-c2ccccc2)c(OCCC)c(-c2ccccc2)c(OCCC)c1-c1ccccc1.CCCOc1c(C(C)(C)C)c(OCCC)c(C(C)(C)C)c(OCCC)c1C(C)(C)C. The number of hydrogen-bond donors (Lipinski definition) is 0. The van der Waals surface area contributed by atoms with Crippen molar-refractivity contribution in [3.63, 3.8) is 0 Å². The number of ether oxygens (including phenoxy) is 6. The highest BCUT2D eigenvalue weighted by Crippen LogP contribution is 2.58. The average Bonchev–Trinajstić information content (AvgIpc) is 3.28. The Hall–Kier alpha value is -5.10. The third-order valence-electron chi connectivity index (χ3n) is 10.9. The van der Waals surface area contributed by atoms with E-state index in [1.165, 1.54) is 16.7 Å². The van der Waals surface area contributed by atoms with Crippen molar-refractivity contribution in [1.29, 1.82) is 0 Å². The Morgan fingerprint density at radius 3 is 0.621 bits per heavy atom. The standard InChI is InChI=1S/C33H36O3.C27H48O3/c1-4-22-34-31-28(25-16-10-7-11-17-25)32(35-23-5-2)30(27-20-14-9-15-21-27)33(36-24-6-3)29(31)26-18-12-8-13-19-26;1-13-16-28-22-19(25(4,5)6)23(29-17-14-2)21(27(10,11)12)24(30-18-15-3)20(22)26(7,8)9/h7-21H,4-6,22-24H2,1-3H3;13-18H2,1-12H3.